The molecule has 18 heavy (non-hydrogen) atoms. The van der Waals surface area contributed by atoms with Crippen molar-refractivity contribution in [3.63, 3.8) is 0 Å². The van der Waals surface area contributed by atoms with Crippen molar-refractivity contribution >= 4 is 11.6 Å². The molecule has 2 unspecified atom stereocenters. The normalized spacial score (nSPS) is 21.4. The number of amides is 1. The summed E-state index contributed by atoms with van der Waals surface area (Å²) in [4.78, 5) is 16.1. The molecule has 0 spiro atoms. The summed E-state index contributed by atoms with van der Waals surface area (Å²) in [6, 6.07) is 4.06. The van der Waals surface area contributed by atoms with Gasteiger partial charge in [0.1, 0.15) is 5.69 Å². The zero-order valence-corrected chi connectivity index (χ0v) is 11.1. The van der Waals surface area contributed by atoms with Crippen LogP contribution in [-0.4, -0.2) is 23.5 Å². The molecular formula is C14H21N3O. The Balaban J connectivity index is 1.93. The second-order valence-corrected chi connectivity index (χ2v) is 4.84. The van der Waals surface area contributed by atoms with Crippen LogP contribution in [0, 0.1) is 5.92 Å². The number of hydrogen-bond donors (Lipinski definition) is 2. The lowest BCUT2D eigenvalue weighted by atomic mass is 10.3. The average molecular weight is 247 g/mol. The number of anilines is 1. The molecular weight excluding hydrogens is 226 g/mol. The van der Waals surface area contributed by atoms with Crippen molar-refractivity contribution in [2.24, 2.45) is 5.92 Å². The van der Waals surface area contributed by atoms with Crippen molar-refractivity contribution in [3.05, 3.63) is 24.0 Å². The van der Waals surface area contributed by atoms with Gasteiger partial charge in [-0.05, 0) is 30.9 Å². The van der Waals surface area contributed by atoms with Gasteiger partial charge >= 0.3 is 0 Å². The molecule has 2 N–H and O–H groups in total. The number of nitrogens with one attached hydrogen (secondary N) is 2. The van der Waals surface area contributed by atoms with E-state index in [9.17, 15) is 4.79 Å². The second-order valence-electron chi connectivity index (χ2n) is 4.84. The topological polar surface area (TPSA) is 54.0 Å². The molecule has 0 saturated heterocycles. The van der Waals surface area contributed by atoms with Crippen molar-refractivity contribution in [1.29, 1.82) is 0 Å². The van der Waals surface area contributed by atoms with Gasteiger partial charge in [-0.25, -0.2) is 0 Å². The zero-order valence-electron chi connectivity index (χ0n) is 11.1. The van der Waals surface area contributed by atoms with E-state index in [4.69, 9.17) is 0 Å². The minimum absolute atomic E-state index is 0.0592. The first kappa shape index (κ1) is 12.9. The summed E-state index contributed by atoms with van der Waals surface area (Å²) in [6.45, 7) is 5.18. The molecule has 1 heterocycles. The lowest BCUT2D eigenvalue weighted by Gasteiger charge is -2.07. The van der Waals surface area contributed by atoms with Crippen LogP contribution in [0.25, 0.3) is 0 Å². The Hall–Kier alpha value is -1.58. The molecule has 1 aromatic heterocycles. The van der Waals surface area contributed by atoms with Crippen molar-refractivity contribution in [1.82, 2.24) is 10.3 Å². The van der Waals surface area contributed by atoms with Gasteiger partial charge in [0, 0.05) is 24.5 Å². The monoisotopic (exact) mass is 247 g/mol. The molecule has 0 bridgehead atoms. The van der Waals surface area contributed by atoms with Crippen molar-refractivity contribution < 1.29 is 4.79 Å². The van der Waals surface area contributed by atoms with E-state index in [1.54, 1.807) is 6.20 Å². The van der Waals surface area contributed by atoms with Crippen molar-refractivity contribution in [2.75, 3.05) is 11.9 Å². The van der Waals surface area contributed by atoms with Gasteiger partial charge in [0.05, 0.1) is 0 Å². The maximum Gasteiger partial charge on any atom is 0.270 e. The number of aromatic nitrogens is 1. The molecule has 4 heteroatoms. The van der Waals surface area contributed by atoms with Crippen LogP contribution in [0.4, 0.5) is 5.69 Å². The van der Waals surface area contributed by atoms with E-state index in [-0.39, 0.29) is 5.91 Å². The molecule has 1 aliphatic rings. The van der Waals surface area contributed by atoms with Crippen LogP contribution in [0.5, 0.6) is 0 Å². The summed E-state index contributed by atoms with van der Waals surface area (Å²) >= 11 is 0. The maximum atomic E-state index is 12.0. The zero-order chi connectivity index (χ0) is 13.0. The average Bonchev–Trinajstić information content (AvgIpc) is 3.15. The standard InChI is InChI=1S/C14H21N3O/c1-3-6-15-11-5-7-16-13(9-11)14(18)17-12-8-10(12)4-2/h5,7,9-10,12H,3-4,6,8H2,1-2H3,(H,15,16)(H,17,18). The molecule has 2 atom stereocenters. The maximum absolute atomic E-state index is 12.0. The van der Waals surface area contributed by atoms with Crippen LogP contribution >= 0.6 is 0 Å². The first-order chi connectivity index (χ1) is 8.74. The Labute approximate surface area is 108 Å². The number of rotatable bonds is 6. The Morgan fingerprint density at radius 2 is 2.33 bits per heavy atom. The van der Waals surface area contributed by atoms with E-state index in [2.05, 4.69) is 29.5 Å². The summed E-state index contributed by atoms with van der Waals surface area (Å²) in [5.74, 6) is 0.603. The molecule has 0 aliphatic heterocycles. The van der Waals surface area contributed by atoms with Gasteiger partial charge in [-0.1, -0.05) is 20.3 Å². The second kappa shape index (κ2) is 5.85. The highest BCUT2D eigenvalue weighted by atomic mass is 16.2. The van der Waals surface area contributed by atoms with E-state index in [0.717, 1.165) is 31.5 Å². The summed E-state index contributed by atoms with van der Waals surface area (Å²) < 4.78 is 0. The van der Waals surface area contributed by atoms with Gasteiger partial charge in [0.25, 0.3) is 5.91 Å². The van der Waals surface area contributed by atoms with Gasteiger partial charge in [-0.2, -0.15) is 0 Å². The molecule has 2 rings (SSSR count). The fraction of sp³-hybridized carbons (Fsp3) is 0.571. The lowest BCUT2D eigenvalue weighted by molar-refractivity contribution is 0.0944. The lowest BCUT2D eigenvalue weighted by Crippen LogP contribution is -2.27. The largest absolute Gasteiger partial charge is 0.385 e. The summed E-state index contributed by atoms with van der Waals surface area (Å²) in [5.41, 5.74) is 1.46. The van der Waals surface area contributed by atoms with Crippen LogP contribution in [0.2, 0.25) is 0 Å². The molecule has 98 valence electrons. The Morgan fingerprint density at radius 3 is 3.00 bits per heavy atom. The number of nitrogens with zero attached hydrogens (tertiary/aromatic N) is 1. The molecule has 1 amide bonds. The fourth-order valence-corrected chi connectivity index (χ4v) is 2.05. The molecule has 1 aliphatic carbocycles. The fourth-order valence-electron chi connectivity index (χ4n) is 2.05. The molecule has 0 aromatic carbocycles. The molecule has 4 nitrogen and oxygen atoms in total. The van der Waals surface area contributed by atoms with Gasteiger partial charge in [0.2, 0.25) is 0 Å². The van der Waals surface area contributed by atoms with E-state index in [0.29, 0.717) is 17.7 Å². The SMILES string of the molecule is CCCNc1ccnc(C(=O)NC2CC2CC)c1. The Bertz CT molecular complexity index is 419. The van der Waals surface area contributed by atoms with Crippen LogP contribution in [0.15, 0.2) is 18.3 Å². The molecule has 1 aromatic rings. The van der Waals surface area contributed by atoms with Crippen LogP contribution < -0.4 is 10.6 Å². The summed E-state index contributed by atoms with van der Waals surface area (Å²) in [6.07, 6.45) is 4.98. The minimum Gasteiger partial charge on any atom is -0.385 e. The van der Waals surface area contributed by atoms with Gasteiger partial charge in [0.15, 0.2) is 0 Å². The third-order valence-corrected chi connectivity index (χ3v) is 3.34. The molecule has 1 saturated carbocycles. The first-order valence-corrected chi connectivity index (χ1v) is 6.75. The number of carbonyl (C=O) groups excluding carboxylic acids is 1. The Morgan fingerprint density at radius 1 is 1.50 bits per heavy atom. The quantitative estimate of drug-likeness (QED) is 0.811. The van der Waals surface area contributed by atoms with Crippen molar-refractivity contribution in [2.45, 2.75) is 39.2 Å². The van der Waals surface area contributed by atoms with Crippen molar-refractivity contribution in [3.8, 4) is 0 Å². The van der Waals surface area contributed by atoms with Crippen LogP contribution in [0.3, 0.4) is 0 Å². The summed E-state index contributed by atoms with van der Waals surface area (Å²) in [7, 11) is 0. The number of hydrogen-bond acceptors (Lipinski definition) is 3. The van der Waals surface area contributed by atoms with E-state index < -0.39 is 0 Å². The highest BCUT2D eigenvalue weighted by molar-refractivity contribution is 5.93. The smallest absolute Gasteiger partial charge is 0.270 e. The summed E-state index contributed by atoms with van der Waals surface area (Å²) in [5, 5.41) is 6.28. The number of carbonyl (C=O) groups is 1. The van der Waals surface area contributed by atoms with E-state index in [1.165, 1.54) is 0 Å². The minimum atomic E-state index is -0.0592. The van der Waals surface area contributed by atoms with E-state index in [1.807, 2.05) is 12.1 Å². The molecule has 0 radical (unpaired) electrons. The van der Waals surface area contributed by atoms with Gasteiger partial charge in [-0.15, -0.1) is 0 Å². The highest BCUT2D eigenvalue weighted by Gasteiger charge is 2.36. The third kappa shape index (κ3) is 3.22. The third-order valence-electron chi connectivity index (χ3n) is 3.34. The van der Waals surface area contributed by atoms with Gasteiger partial charge in [-0.3, -0.25) is 9.78 Å². The highest BCUT2D eigenvalue weighted by Crippen LogP contribution is 2.33. The number of pyridine rings is 1. The molecule has 1 fully saturated rings. The Kier molecular flexibility index (Phi) is 4.18. The van der Waals surface area contributed by atoms with E-state index >= 15 is 0 Å². The van der Waals surface area contributed by atoms with Crippen LogP contribution in [-0.2, 0) is 0 Å². The first-order valence-electron chi connectivity index (χ1n) is 6.75. The predicted molar refractivity (Wildman–Crippen MR) is 72.7 cm³/mol. The van der Waals surface area contributed by atoms with Gasteiger partial charge < -0.3 is 10.6 Å². The van der Waals surface area contributed by atoms with Crippen LogP contribution in [0.1, 0.15) is 43.6 Å². The predicted octanol–water partition coefficient (Wildman–Crippen LogP) is 2.43.